The van der Waals surface area contributed by atoms with Crippen molar-refractivity contribution in [3.8, 4) is 11.5 Å². The lowest BCUT2D eigenvalue weighted by molar-refractivity contribution is -0.112. The van der Waals surface area contributed by atoms with Gasteiger partial charge in [0.25, 0.3) is 5.91 Å². The van der Waals surface area contributed by atoms with E-state index in [2.05, 4.69) is 4.99 Å². The minimum atomic E-state index is -0.420. The van der Waals surface area contributed by atoms with Crippen LogP contribution in [0.15, 0.2) is 17.1 Å². The maximum atomic E-state index is 11.1. The first-order valence-electron chi connectivity index (χ1n) is 4.69. The van der Waals surface area contributed by atoms with Crippen molar-refractivity contribution in [1.29, 1.82) is 0 Å². The SMILES string of the molecule is O=C1C=c2cc3c(c(O)c2=N1)OCC=C3O. The van der Waals surface area contributed by atoms with Gasteiger partial charge in [-0.1, -0.05) is 0 Å². The van der Waals surface area contributed by atoms with Crippen LogP contribution in [0.4, 0.5) is 0 Å². The molecular weight excluding hydrogens is 210 g/mol. The summed E-state index contributed by atoms with van der Waals surface area (Å²) in [7, 11) is 0. The minimum Gasteiger partial charge on any atom is -0.507 e. The van der Waals surface area contributed by atoms with Gasteiger partial charge in [0.05, 0.1) is 5.56 Å². The Hall–Kier alpha value is -2.30. The number of aliphatic hydroxyl groups excluding tert-OH is 1. The van der Waals surface area contributed by atoms with Gasteiger partial charge in [-0.15, -0.1) is 0 Å². The van der Waals surface area contributed by atoms with Crippen molar-refractivity contribution in [3.05, 3.63) is 28.3 Å². The molecule has 1 aromatic carbocycles. The molecule has 0 spiro atoms. The number of phenolic OH excluding ortho intramolecular Hbond substituents is 1. The third kappa shape index (κ3) is 1.05. The number of aromatic hydroxyl groups is 1. The highest BCUT2D eigenvalue weighted by atomic mass is 16.5. The zero-order chi connectivity index (χ0) is 11.3. The molecule has 0 radical (unpaired) electrons. The number of nitrogens with zero attached hydrogens (tertiary/aromatic N) is 1. The van der Waals surface area contributed by atoms with Gasteiger partial charge in [-0.2, -0.15) is 0 Å². The van der Waals surface area contributed by atoms with Crippen molar-refractivity contribution in [2.24, 2.45) is 4.99 Å². The monoisotopic (exact) mass is 217 g/mol. The van der Waals surface area contributed by atoms with E-state index in [1.165, 1.54) is 12.2 Å². The maximum Gasteiger partial charge on any atom is 0.271 e. The molecule has 0 unspecified atom stereocenters. The smallest absolute Gasteiger partial charge is 0.271 e. The number of phenols is 1. The Bertz CT molecular complexity index is 658. The molecule has 2 aliphatic heterocycles. The molecule has 0 bridgehead atoms. The topological polar surface area (TPSA) is 79.1 Å². The molecule has 0 aliphatic carbocycles. The van der Waals surface area contributed by atoms with Crippen molar-refractivity contribution in [1.82, 2.24) is 0 Å². The second-order valence-corrected chi connectivity index (χ2v) is 3.53. The number of aliphatic hydroxyl groups is 1. The van der Waals surface area contributed by atoms with E-state index in [4.69, 9.17) is 4.74 Å². The fourth-order valence-electron chi connectivity index (χ4n) is 1.81. The summed E-state index contributed by atoms with van der Waals surface area (Å²) in [5.41, 5.74) is 0.378. The van der Waals surface area contributed by atoms with Crippen LogP contribution < -0.4 is 15.3 Å². The van der Waals surface area contributed by atoms with Crippen molar-refractivity contribution < 1.29 is 19.7 Å². The first-order valence-corrected chi connectivity index (χ1v) is 4.69. The molecule has 3 rings (SSSR count). The van der Waals surface area contributed by atoms with Gasteiger partial charge in [-0.05, 0) is 12.1 Å². The maximum absolute atomic E-state index is 11.1. The predicted octanol–water partition coefficient (Wildman–Crippen LogP) is -0.376. The van der Waals surface area contributed by atoms with E-state index in [-0.39, 0.29) is 29.2 Å². The van der Waals surface area contributed by atoms with Crippen LogP contribution in [0, 0.1) is 0 Å². The van der Waals surface area contributed by atoms with Crippen LogP contribution in [0.25, 0.3) is 11.8 Å². The Labute approximate surface area is 89.6 Å². The Morgan fingerprint density at radius 1 is 1.38 bits per heavy atom. The Balaban J connectivity index is 2.45. The molecule has 0 saturated carbocycles. The number of hydrogen-bond donors (Lipinski definition) is 2. The van der Waals surface area contributed by atoms with Gasteiger partial charge in [-0.25, -0.2) is 4.99 Å². The highest BCUT2D eigenvalue weighted by Crippen LogP contribution is 2.32. The lowest BCUT2D eigenvalue weighted by atomic mass is 10.1. The lowest BCUT2D eigenvalue weighted by Gasteiger charge is -2.15. The van der Waals surface area contributed by atoms with Gasteiger partial charge in [-0.3, -0.25) is 4.79 Å². The number of carbonyl (C=O) groups excluding carboxylic acids is 1. The molecule has 80 valence electrons. The number of carbonyl (C=O) groups is 1. The Kier molecular flexibility index (Phi) is 1.60. The summed E-state index contributed by atoms with van der Waals surface area (Å²) in [6.07, 6.45) is 2.79. The molecule has 5 nitrogen and oxygen atoms in total. The zero-order valence-corrected chi connectivity index (χ0v) is 8.10. The van der Waals surface area contributed by atoms with E-state index in [0.29, 0.717) is 10.8 Å². The molecule has 16 heavy (non-hydrogen) atoms. The van der Waals surface area contributed by atoms with Crippen molar-refractivity contribution >= 4 is 17.7 Å². The van der Waals surface area contributed by atoms with E-state index in [1.54, 1.807) is 6.07 Å². The summed E-state index contributed by atoms with van der Waals surface area (Å²) < 4.78 is 5.21. The number of amides is 1. The van der Waals surface area contributed by atoms with Gasteiger partial charge in [0.15, 0.2) is 11.5 Å². The van der Waals surface area contributed by atoms with E-state index >= 15 is 0 Å². The summed E-state index contributed by atoms with van der Waals surface area (Å²) >= 11 is 0. The Morgan fingerprint density at radius 2 is 2.19 bits per heavy atom. The summed E-state index contributed by atoms with van der Waals surface area (Å²) in [5, 5.41) is 20.2. The lowest BCUT2D eigenvalue weighted by Crippen LogP contribution is -2.24. The average Bonchev–Trinajstić information content (AvgIpc) is 2.61. The van der Waals surface area contributed by atoms with Crippen LogP contribution in [0.3, 0.4) is 0 Å². The molecule has 0 saturated heterocycles. The molecule has 1 aromatic rings. The summed E-state index contributed by atoms with van der Waals surface area (Å²) in [4.78, 5) is 14.8. The highest BCUT2D eigenvalue weighted by Gasteiger charge is 2.21. The van der Waals surface area contributed by atoms with Crippen LogP contribution in [-0.2, 0) is 4.79 Å². The van der Waals surface area contributed by atoms with Crippen molar-refractivity contribution in [2.45, 2.75) is 0 Å². The molecule has 2 N–H and O–H groups in total. The van der Waals surface area contributed by atoms with Crippen LogP contribution in [-0.4, -0.2) is 22.7 Å². The second-order valence-electron chi connectivity index (χ2n) is 3.53. The average molecular weight is 217 g/mol. The molecule has 2 aliphatic rings. The van der Waals surface area contributed by atoms with E-state index in [9.17, 15) is 15.0 Å². The first-order chi connectivity index (χ1) is 7.66. The number of fused-ring (bicyclic) bond motifs is 2. The summed E-state index contributed by atoms with van der Waals surface area (Å²) in [6, 6.07) is 1.57. The molecule has 1 amide bonds. The van der Waals surface area contributed by atoms with Crippen LogP contribution in [0.5, 0.6) is 11.5 Å². The second kappa shape index (κ2) is 2.85. The molecule has 0 fully saturated rings. The van der Waals surface area contributed by atoms with Crippen LogP contribution in [0.2, 0.25) is 0 Å². The zero-order valence-electron chi connectivity index (χ0n) is 8.10. The fourth-order valence-corrected chi connectivity index (χ4v) is 1.81. The molecule has 0 atom stereocenters. The van der Waals surface area contributed by atoms with Crippen LogP contribution >= 0.6 is 0 Å². The number of ether oxygens (including phenoxy) is 1. The van der Waals surface area contributed by atoms with Crippen molar-refractivity contribution in [2.75, 3.05) is 6.61 Å². The van der Waals surface area contributed by atoms with E-state index < -0.39 is 5.91 Å². The van der Waals surface area contributed by atoms with Gasteiger partial charge in [0.1, 0.15) is 17.7 Å². The molecular formula is C11H7NO4. The predicted molar refractivity (Wildman–Crippen MR) is 54.5 cm³/mol. The standard InChI is InChI=1S/C11H7NO4/c13-7-1-2-16-11-6(7)3-5-4-8(14)12-9(5)10(11)15/h1,3-4,13,15H,2H2. The van der Waals surface area contributed by atoms with Crippen molar-refractivity contribution in [3.63, 3.8) is 0 Å². The molecule has 0 aromatic heterocycles. The number of rotatable bonds is 0. The third-order valence-electron chi connectivity index (χ3n) is 2.54. The van der Waals surface area contributed by atoms with Gasteiger partial charge in [0, 0.05) is 11.3 Å². The molecule has 5 heteroatoms. The summed E-state index contributed by atoms with van der Waals surface area (Å²) in [6.45, 7) is 0.183. The van der Waals surface area contributed by atoms with Gasteiger partial charge in [0.2, 0.25) is 0 Å². The van der Waals surface area contributed by atoms with E-state index in [0.717, 1.165) is 0 Å². The summed E-state index contributed by atoms with van der Waals surface area (Å²) in [5.74, 6) is -0.414. The quantitative estimate of drug-likeness (QED) is 0.621. The van der Waals surface area contributed by atoms with Crippen LogP contribution in [0.1, 0.15) is 5.56 Å². The largest absolute Gasteiger partial charge is 0.507 e. The first kappa shape index (κ1) is 8.96. The van der Waals surface area contributed by atoms with Gasteiger partial charge < -0.3 is 14.9 Å². The Morgan fingerprint density at radius 3 is 3.00 bits per heavy atom. The normalized spacial score (nSPS) is 16.5. The fraction of sp³-hybridized carbons (Fsp3) is 0.0909. The number of benzene rings is 1. The number of hydrogen-bond acceptors (Lipinski definition) is 4. The minimum absolute atomic E-state index is 0.0344. The third-order valence-corrected chi connectivity index (χ3v) is 2.54. The molecule has 2 heterocycles. The van der Waals surface area contributed by atoms with Gasteiger partial charge >= 0.3 is 0 Å². The highest BCUT2D eigenvalue weighted by molar-refractivity contribution is 6.06. The van der Waals surface area contributed by atoms with E-state index in [1.807, 2.05) is 0 Å².